The summed E-state index contributed by atoms with van der Waals surface area (Å²) < 4.78 is -2.00. The van der Waals surface area contributed by atoms with Gasteiger partial charge in [-0.25, -0.2) is 0 Å². The molecule has 0 radical (unpaired) electrons. The van der Waals surface area contributed by atoms with E-state index in [9.17, 15) is 4.79 Å². The van der Waals surface area contributed by atoms with E-state index in [-0.39, 0.29) is 0 Å². The molecule has 1 aliphatic carbocycles. The standard InChI is InChI=1S/C9H11Cl3N2O/c10-9(11,12)7(15)14-8(6-13)4-2-1-3-5-8/h1-5H2,(H,14,15). The number of amides is 1. The molecule has 0 aromatic carbocycles. The molecule has 3 nitrogen and oxygen atoms in total. The fraction of sp³-hybridized carbons (Fsp3) is 0.778. The quantitative estimate of drug-likeness (QED) is 0.744. The van der Waals surface area contributed by atoms with Gasteiger partial charge in [0.1, 0.15) is 5.54 Å². The van der Waals surface area contributed by atoms with E-state index in [1.807, 2.05) is 0 Å². The van der Waals surface area contributed by atoms with Crippen molar-refractivity contribution in [1.82, 2.24) is 5.32 Å². The Kier molecular flexibility index (Phi) is 4.11. The summed E-state index contributed by atoms with van der Waals surface area (Å²) in [6.07, 6.45) is 4.14. The Morgan fingerprint density at radius 3 is 2.20 bits per heavy atom. The fourth-order valence-corrected chi connectivity index (χ4v) is 1.85. The third-order valence-electron chi connectivity index (χ3n) is 2.53. The van der Waals surface area contributed by atoms with Crippen LogP contribution >= 0.6 is 34.8 Å². The first-order chi connectivity index (χ1) is 6.90. The van der Waals surface area contributed by atoms with Gasteiger partial charge in [-0.1, -0.05) is 54.1 Å². The molecule has 0 aromatic heterocycles. The van der Waals surface area contributed by atoms with E-state index >= 15 is 0 Å². The Morgan fingerprint density at radius 2 is 1.80 bits per heavy atom. The molecule has 1 fully saturated rings. The fourth-order valence-electron chi connectivity index (χ4n) is 1.71. The minimum Gasteiger partial charge on any atom is -0.334 e. The van der Waals surface area contributed by atoms with Gasteiger partial charge in [0.15, 0.2) is 0 Å². The Labute approximate surface area is 104 Å². The second kappa shape index (κ2) is 4.78. The normalized spacial score (nSPS) is 20.4. The zero-order valence-electron chi connectivity index (χ0n) is 8.02. The maximum Gasteiger partial charge on any atom is 0.273 e. The molecular weight excluding hydrogens is 258 g/mol. The third kappa shape index (κ3) is 3.41. The summed E-state index contributed by atoms with van der Waals surface area (Å²) >= 11 is 16.3. The van der Waals surface area contributed by atoms with Gasteiger partial charge in [0, 0.05) is 0 Å². The average Bonchev–Trinajstić information content (AvgIpc) is 2.18. The molecule has 15 heavy (non-hydrogen) atoms. The Morgan fingerprint density at radius 1 is 1.27 bits per heavy atom. The maximum atomic E-state index is 11.4. The van der Waals surface area contributed by atoms with Crippen molar-refractivity contribution in [1.29, 1.82) is 5.26 Å². The van der Waals surface area contributed by atoms with Gasteiger partial charge in [-0.2, -0.15) is 5.26 Å². The predicted octanol–water partition coefficient (Wildman–Crippen LogP) is 2.70. The summed E-state index contributed by atoms with van der Waals surface area (Å²) in [5.74, 6) is -0.726. The lowest BCUT2D eigenvalue weighted by atomic mass is 9.83. The zero-order valence-corrected chi connectivity index (χ0v) is 10.3. The lowest BCUT2D eigenvalue weighted by molar-refractivity contribution is -0.121. The predicted molar refractivity (Wildman–Crippen MR) is 59.9 cm³/mol. The third-order valence-corrected chi connectivity index (χ3v) is 3.05. The van der Waals surface area contributed by atoms with Crippen LogP contribution in [0, 0.1) is 11.3 Å². The second-order valence-electron chi connectivity index (χ2n) is 3.71. The van der Waals surface area contributed by atoms with Crippen molar-refractivity contribution in [3.8, 4) is 6.07 Å². The summed E-state index contributed by atoms with van der Waals surface area (Å²) in [6.45, 7) is 0. The molecule has 1 aliphatic rings. The first-order valence-corrected chi connectivity index (χ1v) is 5.84. The van der Waals surface area contributed by atoms with Crippen molar-refractivity contribution >= 4 is 40.7 Å². The van der Waals surface area contributed by atoms with E-state index in [1.165, 1.54) is 0 Å². The Bertz CT molecular complexity index is 287. The number of nitrogens with one attached hydrogen (secondary N) is 1. The van der Waals surface area contributed by atoms with Crippen LogP contribution in [-0.4, -0.2) is 15.2 Å². The molecule has 0 saturated heterocycles. The first-order valence-electron chi connectivity index (χ1n) is 4.70. The number of halogens is 3. The van der Waals surface area contributed by atoms with Crippen molar-refractivity contribution in [3.05, 3.63) is 0 Å². The van der Waals surface area contributed by atoms with Crippen LogP contribution in [0.5, 0.6) is 0 Å². The summed E-state index contributed by atoms with van der Waals surface area (Å²) in [7, 11) is 0. The van der Waals surface area contributed by atoms with Gasteiger partial charge in [-0.05, 0) is 12.8 Å². The Balaban J connectivity index is 2.69. The molecule has 1 amide bonds. The molecule has 0 aliphatic heterocycles. The van der Waals surface area contributed by atoms with Crippen LogP contribution in [0.1, 0.15) is 32.1 Å². The molecule has 0 bridgehead atoms. The van der Waals surface area contributed by atoms with E-state index < -0.39 is 15.2 Å². The lowest BCUT2D eigenvalue weighted by Gasteiger charge is -2.32. The molecule has 0 atom stereocenters. The molecule has 0 aromatic rings. The van der Waals surface area contributed by atoms with Gasteiger partial charge in [0.05, 0.1) is 6.07 Å². The van der Waals surface area contributed by atoms with Crippen LogP contribution in [0.15, 0.2) is 0 Å². The molecule has 0 unspecified atom stereocenters. The number of nitrogens with zero attached hydrogens (tertiary/aromatic N) is 1. The van der Waals surface area contributed by atoms with E-state index in [0.717, 1.165) is 19.3 Å². The summed E-state index contributed by atoms with van der Waals surface area (Å²) in [4.78, 5) is 11.4. The molecule has 84 valence electrons. The Hall–Kier alpha value is -0.170. The van der Waals surface area contributed by atoms with E-state index in [0.29, 0.717) is 12.8 Å². The SMILES string of the molecule is N#CC1(NC(=O)C(Cl)(Cl)Cl)CCCCC1. The number of rotatable bonds is 1. The molecule has 6 heteroatoms. The molecule has 1 rings (SSSR count). The maximum absolute atomic E-state index is 11.4. The van der Waals surface area contributed by atoms with Crippen LogP contribution in [0.3, 0.4) is 0 Å². The molecule has 0 spiro atoms. The van der Waals surface area contributed by atoms with Gasteiger partial charge in [0.25, 0.3) is 9.70 Å². The number of hydrogen-bond acceptors (Lipinski definition) is 2. The molecular formula is C9H11Cl3N2O. The van der Waals surface area contributed by atoms with Crippen molar-refractivity contribution in [2.75, 3.05) is 0 Å². The summed E-state index contributed by atoms with van der Waals surface area (Å²) in [6, 6.07) is 2.11. The van der Waals surface area contributed by atoms with Gasteiger partial charge in [0.2, 0.25) is 0 Å². The minimum atomic E-state index is -2.00. The highest BCUT2D eigenvalue weighted by atomic mass is 35.6. The molecule has 0 heterocycles. The number of hydrogen-bond donors (Lipinski definition) is 1. The summed E-state index contributed by atoms with van der Waals surface area (Å²) in [5.41, 5.74) is -0.848. The van der Waals surface area contributed by atoms with Crippen LogP contribution in [0.25, 0.3) is 0 Å². The lowest BCUT2D eigenvalue weighted by Crippen LogP contribution is -2.52. The van der Waals surface area contributed by atoms with Crippen LogP contribution in [-0.2, 0) is 4.79 Å². The van der Waals surface area contributed by atoms with Crippen molar-refractivity contribution < 1.29 is 4.79 Å². The van der Waals surface area contributed by atoms with Gasteiger partial charge < -0.3 is 5.32 Å². The van der Waals surface area contributed by atoms with Gasteiger partial charge in [-0.15, -0.1) is 0 Å². The topological polar surface area (TPSA) is 52.9 Å². The van der Waals surface area contributed by atoms with Crippen LogP contribution < -0.4 is 5.32 Å². The number of carbonyl (C=O) groups excluding carboxylic acids is 1. The number of nitriles is 1. The second-order valence-corrected chi connectivity index (χ2v) is 5.99. The zero-order chi connectivity index (χ0) is 11.5. The highest BCUT2D eigenvalue weighted by molar-refractivity contribution is 6.76. The molecule has 1 saturated carbocycles. The highest BCUT2D eigenvalue weighted by Crippen LogP contribution is 2.31. The monoisotopic (exact) mass is 268 g/mol. The average molecular weight is 270 g/mol. The number of alkyl halides is 3. The summed E-state index contributed by atoms with van der Waals surface area (Å²) in [5, 5.41) is 11.6. The number of carbonyl (C=O) groups is 1. The van der Waals surface area contributed by atoms with Gasteiger partial charge >= 0.3 is 0 Å². The van der Waals surface area contributed by atoms with Crippen LogP contribution in [0.2, 0.25) is 0 Å². The smallest absolute Gasteiger partial charge is 0.273 e. The first kappa shape index (κ1) is 12.9. The van der Waals surface area contributed by atoms with E-state index in [2.05, 4.69) is 11.4 Å². The van der Waals surface area contributed by atoms with E-state index in [1.54, 1.807) is 0 Å². The van der Waals surface area contributed by atoms with Crippen molar-refractivity contribution in [2.45, 2.75) is 41.4 Å². The van der Waals surface area contributed by atoms with E-state index in [4.69, 9.17) is 40.1 Å². The largest absolute Gasteiger partial charge is 0.334 e. The van der Waals surface area contributed by atoms with Gasteiger partial charge in [-0.3, -0.25) is 4.79 Å². The highest BCUT2D eigenvalue weighted by Gasteiger charge is 2.39. The van der Waals surface area contributed by atoms with Crippen molar-refractivity contribution in [2.24, 2.45) is 0 Å². The van der Waals surface area contributed by atoms with Crippen LogP contribution in [0.4, 0.5) is 0 Å². The minimum absolute atomic E-state index is 0.621. The molecule has 1 N–H and O–H groups in total. The van der Waals surface area contributed by atoms with Crippen molar-refractivity contribution in [3.63, 3.8) is 0 Å².